The molecule has 0 bridgehead atoms. The van der Waals surface area contributed by atoms with Crippen LogP contribution in [0.4, 0.5) is 18.9 Å². The van der Waals surface area contributed by atoms with Gasteiger partial charge in [-0.15, -0.1) is 0 Å². The second kappa shape index (κ2) is 7.47. The first-order valence-electron chi connectivity index (χ1n) is 7.37. The molecule has 132 valence electrons. The highest BCUT2D eigenvalue weighted by Crippen LogP contribution is 2.32. The summed E-state index contributed by atoms with van der Waals surface area (Å²) in [5.41, 5.74) is 0.544. The SMILES string of the molecule is FC(F)(F)c1cccc([C@H]2COCC(=Nc3ccc(Br)cc3Br)N2)c1. The van der Waals surface area contributed by atoms with Crippen LogP contribution >= 0.6 is 31.9 Å². The molecule has 8 heteroatoms. The highest BCUT2D eigenvalue weighted by Gasteiger charge is 2.31. The van der Waals surface area contributed by atoms with Gasteiger partial charge in [-0.1, -0.05) is 28.1 Å². The zero-order valence-corrected chi connectivity index (χ0v) is 16.0. The Morgan fingerprint density at radius 3 is 2.64 bits per heavy atom. The molecule has 1 heterocycles. The third kappa shape index (κ3) is 4.62. The van der Waals surface area contributed by atoms with Crippen molar-refractivity contribution >= 4 is 43.4 Å². The number of alkyl halides is 3. The Morgan fingerprint density at radius 1 is 1.12 bits per heavy atom. The van der Waals surface area contributed by atoms with Crippen LogP contribution in [0.25, 0.3) is 0 Å². The van der Waals surface area contributed by atoms with E-state index in [0.29, 0.717) is 17.1 Å². The molecule has 1 saturated heterocycles. The van der Waals surface area contributed by atoms with E-state index in [1.165, 1.54) is 6.07 Å². The maximum atomic E-state index is 12.9. The number of rotatable bonds is 2. The van der Waals surface area contributed by atoms with Gasteiger partial charge in [-0.2, -0.15) is 13.2 Å². The fraction of sp³-hybridized carbons (Fsp3) is 0.235. The van der Waals surface area contributed by atoms with Crippen molar-refractivity contribution in [1.29, 1.82) is 0 Å². The van der Waals surface area contributed by atoms with Crippen LogP contribution in [0.3, 0.4) is 0 Å². The summed E-state index contributed by atoms with van der Waals surface area (Å²) in [7, 11) is 0. The monoisotopic (exact) mass is 476 g/mol. The number of benzene rings is 2. The molecule has 1 N–H and O–H groups in total. The molecule has 0 amide bonds. The molecule has 1 aliphatic heterocycles. The summed E-state index contributed by atoms with van der Waals surface area (Å²) in [5.74, 6) is 0.566. The predicted octanol–water partition coefficient (Wildman–Crippen LogP) is 5.62. The Bertz CT molecular complexity index is 809. The first-order chi connectivity index (χ1) is 11.8. The normalized spacial score (nSPS) is 19.7. The average Bonchev–Trinajstić information content (AvgIpc) is 2.57. The topological polar surface area (TPSA) is 33.6 Å². The minimum atomic E-state index is -4.37. The second-order valence-electron chi connectivity index (χ2n) is 5.49. The molecule has 1 atom stereocenters. The van der Waals surface area contributed by atoms with Crippen molar-refractivity contribution in [3.8, 4) is 0 Å². The van der Waals surface area contributed by atoms with E-state index in [4.69, 9.17) is 4.74 Å². The number of aliphatic imine (C=N–C) groups is 1. The second-order valence-corrected chi connectivity index (χ2v) is 7.26. The van der Waals surface area contributed by atoms with Crippen molar-refractivity contribution in [3.05, 3.63) is 62.5 Å². The van der Waals surface area contributed by atoms with Gasteiger partial charge in [-0.05, 0) is 51.8 Å². The van der Waals surface area contributed by atoms with Crippen LogP contribution < -0.4 is 5.32 Å². The number of nitrogens with one attached hydrogen (secondary N) is 1. The molecule has 25 heavy (non-hydrogen) atoms. The van der Waals surface area contributed by atoms with E-state index in [-0.39, 0.29) is 19.3 Å². The molecule has 0 radical (unpaired) electrons. The molecule has 0 aromatic heterocycles. The molecule has 2 aromatic rings. The third-order valence-corrected chi connectivity index (χ3v) is 4.77. The van der Waals surface area contributed by atoms with Crippen molar-refractivity contribution in [2.45, 2.75) is 12.2 Å². The fourth-order valence-electron chi connectivity index (χ4n) is 2.45. The van der Waals surface area contributed by atoms with E-state index < -0.39 is 11.7 Å². The summed E-state index contributed by atoms with van der Waals surface area (Å²) in [5, 5.41) is 3.16. The van der Waals surface area contributed by atoms with Crippen molar-refractivity contribution in [1.82, 2.24) is 5.32 Å². The molecule has 1 aliphatic rings. The molecule has 0 spiro atoms. The summed E-state index contributed by atoms with van der Waals surface area (Å²) in [6, 6.07) is 10.4. The molecule has 0 saturated carbocycles. The van der Waals surface area contributed by atoms with E-state index in [0.717, 1.165) is 21.1 Å². The molecule has 2 aromatic carbocycles. The summed E-state index contributed by atoms with van der Waals surface area (Å²) in [6.45, 7) is 0.555. The minimum Gasteiger partial charge on any atom is -0.371 e. The standard InChI is InChI=1S/C17H13Br2F3N2O/c18-12-4-5-14(13(19)7-12)23-16-9-25-8-15(24-16)10-2-1-3-11(6-10)17(20,21)22/h1-7,15H,8-9H2,(H,23,24)/t15-/m1/s1. The number of nitrogens with zero attached hydrogens (tertiary/aromatic N) is 1. The van der Waals surface area contributed by atoms with Crippen molar-refractivity contribution in [2.24, 2.45) is 4.99 Å². The minimum absolute atomic E-state index is 0.276. The highest BCUT2D eigenvalue weighted by molar-refractivity contribution is 9.11. The van der Waals surface area contributed by atoms with E-state index in [9.17, 15) is 13.2 Å². The van der Waals surface area contributed by atoms with E-state index in [2.05, 4.69) is 42.2 Å². The highest BCUT2D eigenvalue weighted by atomic mass is 79.9. The van der Waals surface area contributed by atoms with Gasteiger partial charge < -0.3 is 10.1 Å². The quantitative estimate of drug-likeness (QED) is 0.608. The maximum Gasteiger partial charge on any atom is 0.416 e. The Hall–Kier alpha value is -1.38. The summed E-state index contributed by atoms with van der Waals surface area (Å²) < 4.78 is 45.9. The largest absolute Gasteiger partial charge is 0.416 e. The number of hydrogen-bond acceptors (Lipinski definition) is 2. The Morgan fingerprint density at radius 2 is 1.92 bits per heavy atom. The average molecular weight is 478 g/mol. The number of halogens is 5. The lowest BCUT2D eigenvalue weighted by Crippen LogP contribution is -2.40. The van der Waals surface area contributed by atoms with Gasteiger partial charge in [0.25, 0.3) is 0 Å². The smallest absolute Gasteiger partial charge is 0.371 e. The van der Waals surface area contributed by atoms with Crippen molar-refractivity contribution in [3.63, 3.8) is 0 Å². The fourth-order valence-corrected chi connectivity index (χ4v) is 3.59. The van der Waals surface area contributed by atoms with Crippen molar-refractivity contribution < 1.29 is 17.9 Å². The van der Waals surface area contributed by atoms with Crippen LogP contribution in [0.5, 0.6) is 0 Å². The lowest BCUT2D eigenvalue weighted by Gasteiger charge is -2.27. The molecular formula is C17H13Br2F3N2O. The summed E-state index contributed by atoms with van der Waals surface area (Å²) in [6.07, 6.45) is -4.37. The summed E-state index contributed by atoms with van der Waals surface area (Å²) >= 11 is 6.81. The Kier molecular flexibility index (Phi) is 5.50. The summed E-state index contributed by atoms with van der Waals surface area (Å²) in [4.78, 5) is 4.50. The Labute approximate surface area is 159 Å². The zero-order valence-electron chi connectivity index (χ0n) is 12.8. The van der Waals surface area contributed by atoms with Gasteiger partial charge in [0.1, 0.15) is 12.4 Å². The van der Waals surface area contributed by atoms with Gasteiger partial charge in [0, 0.05) is 8.95 Å². The van der Waals surface area contributed by atoms with Gasteiger partial charge >= 0.3 is 6.18 Å². The lowest BCUT2D eigenvalue weighted by molar-refractivity contribution is -0.137. The van der Waals surface area contributed by atoms with Gasteiger partial charge in [-0.25, -0.2) is 4.99 Å². The maximum absolute atomic E-state index is 12.9. The molecular weight excluding hydrogens is 465 g/mol. The molecule has 0 unspecified atom stereocenters. The van der Waals surface area contributed by atoms with Crippen LogP contribution in [0.1, 0.15) is 17.2 Å². The number of amidine groups is 1. The van der Waals surface area contributed by atoms with E-state index >= 15 is 0 Å². The predicted molar refractivity (Wildman–Crippen MR) is 97.1 cm³/mol. The van der Waals surface area contributed by atoms with Crippen LogP contribution in [0.2, 0.25) is 0 Å². The zero-order chi connectivity index (χ0) is 18.0. The van der Waals surface area contributed by atoms with Crippen LogP contribution in [0, 0.1) is 0 Å². The molecule has 3 rings (SSSR count). The van der Waals surface area contributed by atoms with Crippen molar-refractivity contribution in [2.75, 3.05) is 13.2 Å². The van der Waals surface area contributed by atoms with Gasteiger partial charge in [-0.3, -0.25) is 0 Å². The first-order valence-corrected chi connectivity index (χ1v) is 8.95. The van der Waals surface area contributed by atoms with E-state index in [1.54, 1.807) is 6.07 Å². The first kappa shape index (κ1) is 18.4. The molecule has 3 nitrogen and oxygen atoms in total. The number of morpholine rings is 1. The Balaban J connectivity index is 1.83. The molecule has 0 aliphatic carbocycles. The molecule has 1 fully saturated rings. The van der Waals surface area contributed by atoms with Crippen LogP contribution in [-0.2, 0) is 10.9 Å². The van der Waals surface area contributed by atoms with Crippen LogP contribution in [-0.4, -0.2) is 19.0 Å². The van der Waals surface area contributed by atoms with Crippen LogP contribution in [0.15, 0.2) is 56.4 Å². The van der Waals surface area contributed by atoms with Gasteiger partial charge in [0.05, 0.1) is 23.9 Å². The number of hydrogen-bond donors (Lipinski definition) is 1. The van der Waals surface area contributed by atoms with Gasteiger partial charge in [0.15, 0.2) is 0 Å². The lowest BCUT2D eigenvalue weighted by atomic mass is 10.0. The number of ether oxygens (including phenoxy) is 1. The van der Waals surface area contributed by atoms with E-state index in [1.807, 2.05) is 18.2 Å². The van der Waals surface area contributed by atoms with Gasteiger partial charge in [0.2, 0.25) is 0 Å². The third-order valence-electron chi connectivity index (χ3n) is 3.65.